The van der Waals surface area contributed by atoms with Crippen LogP contribution in [0.2, 0.25) is 0 Å². The molecule has 1 heterocycles. The van der Waals surface area contributed by atoms with Crippen molar-refractivity contribution in [2.45, 2.75) is 19.4 Å². The van der Waals surface area contributed by atoms with Crippen molar-refractivity contribution in [3.05, 3.63) is 35.4 Å². The van der Waals surface area contributed by atoms with Crippen LogP contribution in [0.1, 0.15) is 24.9 Å². The Morgan fingerprint density at radius 2 is 2.05 bits per heavy atom. The van der Waals surface area contributed by atoms with Gasteiger partial charge in [0.25, 0.3) is 0 Å². The van der Waals surface area contributed by atoms with Crippen LogP contribution in [-0.2, 0) is 14.8 Å². The van der Waals surface area contributed by atoms with Gasteiger partial charge in [0.2, 0.25) is 15.9 Å². The number of sulfonamides is 1. The first-order chi connectivity index (χ1) is 9.67. The summed E-state index contributed by atoms with van der Waals surface area (Å²) in [5, 5.41) is 4.98. The van der Waals surface area contributed by atoms with Gasteiger partial charge in [0.05, 0.1) is 11.8 Å². The normalized spacial score (nSPS) is 20.9. The molecule has 0 bridgehead atoms. The van der Waals surface area contributed by atoms with Crippen molar-refractivity contribution in [1.82, 2.24) is 4.90 Å². The second-order valence-electron chi connectivity index (χ2n) is 5.30. The van der Waals surface area contributed by atoms with Crippen LogP contribution in [0.5, 0.6) is 0 Å². The van der Waals surface area contributed by atoms with Gasteiger partial charge in [-0.1, -0.05) is 6.07 Å². The van der Waals surface area contributed by atoms with E-state index in [-0.39, 0.29) is 30.5 Å². The molecule has 1 aliphatic heterocycles. The van der Waals surface area contributed by atoms with E-state index >= 15 is 0 Å². The number of benzene rings is 1. The topological polar surface area (TPSA) is 80.5 Å². The Morgan fingerprint density at radius 1 is 1.38 bits per heavy atom. The number of rotatable bonds is 4. The zero-order chi connectivity index (χ0) is 15.8. The lowest BCUT2D eigenvalue weighted by Crippen LogP contribution is -2.30. The Labute approximate surface area is 121 Å². The molecule has 1 aromatic carbocycles. The van der Waals surface area contributed by atoms with Gasteiger partial charge in [0, 0.05) is 18.9 Å². The molecule has 0 spiro atoms. The highest BCUT2D eigenvalue weighted by atomic mass is 32.2. The van der Waals surface area contributed by atoms with Crippen molar-refractivity contribution < 1.29 is 22.0 Å². The molecule has 2 N–H and O–H groups in total. The predicted molar refractivity (Wildman–Crippen MR) is 72.6 cm³/mol. The number of nitrogens with zero attached hydrogens (tertiary/aromatic N) is 1. The van der Waals surface area contributed by atoms with E-state index in [1.807, 2.05) is 0 Å². The third-order valence-electron chi connectivity index (χ3n) is 3.60. The van der Waals surface area contributed by atoms with Gasteiger partial charge in [-0.2, -0.15) is 0 Å². The highest BCUT2D eigenvalue weighted by Crippen LogP contribution is 2.29. The number of primary sulfonamides is 1. The van der Waals surface area contributed by atoms with E-state index in [2.05, 4.69) is 0 Å². The molecule has 2 rings (SSSR count). The fraction of sp³-hybridized carbons (Fsp3) is 0.462. The number of amides is 1. The van der Waals surface area contributed by atoms with E-state index in [0.29, 0.717) is 5.56 Å². The molecule has 0 radical (unpaired) electrons. The maximum absolute atomic E-state index is 13.2. The predicted octanol–water partition coefficient (Wildman–Crippen LogP) is 1.16. The maximum atomic E-state index is 13.2. The van der Waals surface area contributed by atoms with E-state index < -0.39 is 27.7 Å². The fourth-order valence-electron chi connectivity index (χ4n) is 2.58. The monoisotopic (exact) mass is 318 g/mol. The number of likely N-dealkylation sites (tertiary alicyclic amines) is 1. The number of halogens is 2. The second kappa shape index (κ2) is 5.69. The Morgan fingerprint density at radius 3 is 2.62 bits per heavy atom. The van der Waals surface area contributed by atoms with Gasteiger partial charge in [-0.05, 0) is 24.6 Å². The van der Waals surface area contributed by atoms with E-state index in [1.165, 1.54) is 11.0 Å². The molecule has 5 nitrogen and oxygen atoms in total. The maximum Gasteiger partial charge on any atom is 0.223 e. The molecule has 1 amide bonds. The lowest BCUT2D eigenvalue weighted by atomic mass is 10.1. The summed E-state index contributed by atoms with van der Waals surface area (Å²) in [6, 6.07) is 2.99. The number of hydrogen-bond acceptors (Lipinski definition) is 3. The first-order valence-corrected chi connectivity index (χ1v) is 8.14. The Bertz CT molecular complexity index is 663. The minimum absolute atomic E-state index is 0.0877. The first kappa shape index (κ1) is 15.8. The largest absolute Gasteiger partial charge is 0.336 e. The Hall–Kier alpha value is -1.54. The summed E-state index contributed by atoms with van der Waals surface area (Å²) in [4.78, 5) is 13.4. The van der Waals surface area contributed by atoms with Crippen molar-refractivity contribution in [1.29, 1.82) is 0 Å². The van der Waals surface area contributed by atoms with Crippen LogP contribution in [0, 0.1) is 17.6 Å². The molecular weight excluding hydrogens is 302 g/mol. The van der Waals surface area contributed by atoms with Gasteiger partial charge >= 0.3 is 0 Å². The second-order valence-corrected chi connectivity index (χ2v) is 6.95. The number of carbonyl (C=O) groups is 1. The summed E-state index contributed by atoms with van der Waals surface area (Å²) in [7, 11) is -3.65. The van der Waals surface area contributed by atoms with Crippen LogP contribution in [0.25, 0.3) is 0 Å². The minimum atomic E-state index is -3.65. The summed E-state index contributed by atoms with van der Waals surface area (Å²) in [5.41, 5.74) is 0.457. The zero-order valence-corrected chi connectivity index (χ0v) is 12.2. The van der Waals surface area contributed by atoms with Crippen LogP contribution < -0.4 is 5.14 Å². The smallest absolute Gasteiger partial charge is 0.223 e. The SMILES string of the molecule is CC(c1ccc(F)c(F)c1)N1CC(CS(N)(=O)=O)CC1=O. The molecule has 0 aromatic heterocycles. The van der Waals surface area contributed by atoms with Gasteiger partial charge in [0.15, 0.2) is 11.6 Å². The van der Waals surface area contributed by atoms with Gasteiger partial charge in [-0.15, -0.1) is 0 Å². The molecule has 1 fully saturated rings. The molecular formula is C13H16F2N2O3S. The number of nitrogens with two attached hydrogens (primary N) is 1. The van der Waals surface area contributed by atoms with Crippen molar-refractivity contribution >= 4 is 15.9 Å². The molecule has 2 unspecified atom stereocenters. The molecule has 0 saturated carbocycles. The molecule has 0 aliphatic carbocycles. The molecule has 116 valence electrons. The average Bonchev–Trinajstić information content (AvgIpc) is 2.70. The van der Waals surface area contributed by atoms with Crippen LogP contribution in [0.4, 0.5) is 8.78 Å². The average molecular weight is 318 g/mol. The molecule has 2 atom stereocenters. The quantitative estimate of drug-likeness (QED) is 0.904. The third kappa shape index (κ3) is 3.76. The van der Waals surface area contributed by atoms with Crippen LogP contribution in [-0.4, -0.2) is 31.5 Å². The van der Waals surface area contributed by atoms with Crippen molar-refractivity contribution in [2.24, 2.45) is 11.1 Å². The summed E-state index contributed by atoms with van der Waals surface area (Å²) in [6.45, 7) is 1.92. The third-order valence-corrected chi connectivity index (χ3v) is 4.54. The van der Waals surface area contributed by atoms with Crippen LogP contribution in [0.3, 0.4) is 0 Å². The standard InChI is InChI=1S/C13H16F2N2O3S/c1-8(10-2-3-11(14)12(15)5-10)17-6-9(4-13(17)18)7-21(16,19)20/h2-3,5,8-9H,4,6-7H2,1H3,(H2,16,19,20). The van der Waals surface area contributed by atoms with E-state index in [0.717, 1.165) is 12.1 Å². The van der Waals surface area contributed by atoms with E-state index in [9.17, 15) is 22.0 Å². The summed E-state index contributed by atoms with van der Waals surface area (Å²) < 4.78 is 48.3. The van der Waals surface area contributed by atoms with E-state index in [4.69, 9.17) is 5.14 Å². The van der Waals surface area contributed by atoms with Crippen LogP contribution >= 0.6 is 0 Å². The molecule has 21 heavy (non-hydrogen) atoms. The summed E-state index contributed by atoms with van der Waals surface area (Å²) >= 11 is 0. The molecule has 1 aromatic rings. The zero-order valence-electron chi connectivity index (χ0n) is 11.4. The van der Waals surface area contributed by atoms with Gasteiger partial charge in [0.1, 0.15) is 0 Å². The lowest BCUT2D eigenvalue weighted by Gasteiger charge is -2.25. The summed E-state index contributed by atoms with van der Waals surface area (Å²) in [5.74, 6) is -2.79. The van der Waals surface area contributed by atoms with Gasteiger partial charge < -0.3 is 4.90 Å². The van der Waals surface area contributed by atoms with Crippen molar-refractivity contribution in [3.8, 4) is 0 Å². The number of hydrogen-bond donors (Lipinski definition) is 1. The molecule has 1 saturated heterocycles. The first-order valence-electron chi connectivity index (χ1n) is 6.42. The summed E-state index contributed by atoms with van der Waals surface area (Å²) in [6.07, 6.45) is 0.0877. The van der Waals surface area contributed by atoms with Crippen molar-refractivity contribution in [2.75, 3.05) is 12.3 Å². The van der Waals surface area contributed by atoms with Gasteiger partial charge in [-0.25, -0.2) is 22.3 Å². The lowest BCUT2D eigenvalue weighted by molar-refractivity contribution is -0.129. The highest BCUT2D eigenvalue weighted by Gasteiger charge is 2.35. The number of carbonyl (C=O) groups excluding carboxylic acids is 1. The van der Waals surface area contributed by atoms with Gasteiger partial charge in [-0.3, -0.25) is 4.79 Å². The fourth-order valence-corrected chi connectivity index (χ4v) is 3.46. The molecule has 1 aliphatic rings. The highest BCUT2D eigenvalue weighted by molar-refractivity contribution is 7.89. The Balaban J connectivity index is 2.14. The van der Waals surface area contributed by atoms with Crippen molar-refractivity contribution in [3.63, 3.8) is 0 Å². The van der Waals surface area contributed by atoms with Crippen LogP contribution in [0.15, 0.2) is 18.2 Å². The molecule has 8 heteroatoms. The minimum Gasteiger partial charge on any atom is -0.336 e. The Kier molecular flexibility index (Phi) is 4.29. The van der Waals surface area contributed by atoms with E-state index in [1.54, 1.807) is 6.92 Å².